The Morgan fingerprint density at radius 2 is 1.94 bits per heavy atom. The fourth-order valence-corrected chi connectivity index (χ4v) is 5.10. The molecule has 0 bridgehead atoms. The van der Waals surface area contributed by atoms with Crippen molar-refractivity contribution in [3.05, 3.63) is 93.1 Å². The highest BCUT2D eigenvalue weighted by atomic mass is 16.3. The molecule has 5 nitrogen and oxygen atoms in total. The van der Waals surface area contributed by atoms with E-state index >= 15 is 0 Å². The summed E-state index contributed by atoms with van der Waals surface area (Å²) in [6.07, 6.45) is 11.3. The summed E-state index contributed by atoms with van der Waals surface area (Å²) in [5.74, 6) is 0.469. The molecule has 1 aromatic carbocycles. The highest BCUT2D eigenvalue weighted by molar-refractivity contribution is 5.69. The summed E-state index contributed by atoms with van der Waals surface area (Å²) in [7, 11) is 0. The van der Waals surface area contributed by atoms with Gasteiger partial charge in [0.25, 0.3) is 5.56 Å². The third-order valence-corrected chi connectivity index (χ3v) is 6.90. The Hall–Kier alpha value is -3.18. The van der Waals surface area contributed by atoms with Crippen molar-refractivity contribution in [2.24, 2.45) is 5.92 Å². The zero-order valence-electron chi connectivity index (χ0n) is 19.7. The van der Waals surface area contributed by atoms with Gasteiger partial charge in [-0.2, -0.15) is 9.78 Å². The van der Waals surface area contributed by atoms with Gasteiger partial charge >= 0.3 is 0 Å². The molecule has 3 unspecified atom stereocenters. The van der Waals surface area contributed by atoms with Crippen molar-refractivity contribution < 1.29 is 5.11 Å². The SMILES string of the molecule is Cc1ccc(Cn2cc3c(=O)n(C4=C(C(C)O)C=CC(C)C4)nc-3c3c2CC=CC3C)cc1. The first-order chi connectivity index (χ1) is 15.8. The molecule has 0 aromatic heterocycles. The van der Waals surface area contributed by atoms with Gasteiger partial charge in [0.15, 0.2) is 0 Å². The number of aliphatic hydroxyl groups excluding tert-OH is 1. The van der Waals surface area contributed by atoms with Crippen molar-refractivity contribution in [2.75, 3.05) is 0 Å². The first-order valence-corrected chi connectivity index (χ1v) is 11.8. The summed E-state index contributed by atoms with van der Waals surface area (Å²) in [4.78, 5) is 13.7. The summed E-state index contributed by atoms with van der Waals surface area (Å²) in [5, 5.41) is 15.2. The molecule has 1 aromatic rings. The molecule has 4 aliphatic rings. The van der Waals surface area contributed by atoms with Gasteiger partial charge in [-0.25, -0.2) is 0 Å². The monoisotopic (exact) mass is 441 g/mol. The molecule has 0 spiro atoms. The minimum atomic E-state index is -0.655. The second-order valence-corrected chi connectivity index (χ2v) is 9.62. The van der Waals surface area contributed by atoms with Crippen LogP contribution in [0.25, 0.3) is 17.0 Å². The number of hydrogen-bond donors (Lipinski definition) is 1. The Kier molecular flexibility index (Phi) is 5.45. The van der Waals surface area contributed by atoms with Gasteiger partial charge in [0, 0.05) is 41.9 Å². The van der Waals surface area contributed by atoms with Crippen LogP contribution in [-0.2, 0) is 13.0 Å². The highest BCUT2D eigenvalue weighted by Crippen LogP contribution is 2.37. The number of aliphatic hydroxyl groups is 1. The predicted octanol–water partition coefficient (Wildman–Crippen LogP) is 4.91. The van der Waals surface area contributed by atoms with Gasteiger partial charge in [-0.3, -0.25) is 4.79 Å². The van der Waals surface area contributed by atoms with Crippen LogP contribution in [0.5, 0.6) is 0 Å². The van der Waals surface area contributed by atoms with Crippen molar-refractivity contribution in [1.82, 2.24) is 14.3 Å². The van der Waals surface area contributed by atoms with Crippen LogP contribution in [0.15, 0.2) is 65.1 Å². The number of rotatable bonds is 4. The van der Waals surface area contributed by atoms with Crippen molar-refractivity contribution in [2.45, 2.75) is 59.1 Å². The normalized spacial score (nSPS) is 21.0. The summed E-state index contributed by atoms with van der Waals surface area (Å²) in [5.41, 5.74) is 7.68. The molecule has 3 atom stereocenters. The van der Waals surface area contributed by atoms with E-state index in [1.54, 1.807) is 11.6 Å². The maximum atomic E-state index is 13.7. The third kappa shape index (κ3) is 3.80. The molecular weight excluding hydrogens is 410 g/mol. The highest BCUT2D eigenvalue weighted by Gasteiger charge is 2.30. The topological polar surface area (TPSA) is 60.0 Å². The average molecular weight is 442 g/mol. The van der Waals surface area contributed by atoms with E-state index in [0.29, 0.717) is 18.5 Å². The number of nitrogens with zero attached hydrogens (tertiary/aromatic N) is 3. The maximum Gasteiger partial charge on any atom is 0.282 e. The number of aromatic nitrogens is 3. The van der Waals surface area contributed by atoms with Crippen molar-refractivity contribution in [3.63, 3.8) is 0 Å². The van der Waals surface area contributed by atoms with E-state index < -0.39 is 6.10 Å². The summed E-state index contributed by atoms with van der Waals surface area (Å²) in [6.45, 7) is 8.83. The Morgan fingerprint density at radius 1 is 1.18 bits per heavy atom. The number of hydrogen-bond acceptors (Lipinski definition) is 3. The first kappa shape index (κ1) is 21.7. The summed E-state index contributed by atoms with van der Waals surface area (Å²) in [6, 6.07) is 8.56. The number of fused-ring (bicyclic) bond motifs is 3. The van der Waals surface area contributed by atoms with Crippen LogP contribution >= 0.6 is 0 Å². The minimum Gasteiger partial charge on any atom is -0.389 e. The molecule has 5 heteroatoms. The van der Waals surface area contributed by atoms with E-state index in [1.165, 1.54) is 16.8 Å². The number of allylic oxidation sites excluding steroid dienone is 4. The van der Waals surface area contributed by atoms with Crippen molar-refractivity contribution >= 4 is 5.70 Å². The molecule has 33 heavy (non-hydrogen) atoms. The van der Waals surface area contributed by atoms with Crippen LogP contribution < -0.4 is 5.56 Å². The third-order valence-electron chi connectivity index (χ3n) is 6.90. The molecule has 0 saturated carbocycles. The van der Waals surface area contributed by atoms with Crippen LogP contribution in [0.3, 0.4) is 0 Å². The minimum absolute atomic E-state index is 0.108. The predicted molar refractivity (Wildman–Crippen MR) is 132 cm³/mol. The van der Waals surface area contributed by atoms with Crippen LogP contribution in [-0.4, -0.2) is 25.6 Å². The van der Waals surface area contributed by atoms with Crippen LogP contribution in [0, 0.1) is 12.8 Å². The van der Waals surface area contributed by atoms with Crippen LogP contribution in [0.2, 0.25) is 0 Å². The molecule has 0 saturated heterocycles. The smallest absolute Gasteiger partial charge is 0.282 e. The van der Waals surface area contributed by atoms with E-state index in [4.69, 9.17) is 5.10 Å². The standard InChI is InChI=1S/C28H31N3O2/c1-17-8-11-21(12-9-17)15-30-16-23-27(26-19(3)6-5-7-24(26)30)29-31(28(23)33)25-14-18(2)10-13-22(25)20(4)32/h5-6,8-13,16,18-20,32H,7,14-15H2,1-4H3. The zero-order chi connectivity index (χ0) is 23.3. The van der Waals surface area contributed by atoms with Gasteiger partial charge in [-0.05, 0) is 31.7 Å². The molecule has 2 aliphatic carbocycles. The van der Waals surface area contributed by atoms with Gasteiger partial charge in [-0.1, -0.05) is 68.0 Å². The van der Waals surface area contributed by atoms with Gasteiger partial charge in [0.2, 0.25) is 0 Å². The largest absolute Gasteiger partial charge is 0.389 e. The number of pyridine rings is 1. The quantitative estimate of drug-likeness (QED) is 0.585. The van der Waals surface area contributed by atoms with E-state index in [0.717, 1.165) is 28.9 Å². The second kappa shape index (κ2) is 8.31. The number of aryl methyl sites for hydroxylation is 1. The van der Waals surface area contributed by atoms with Gasteiger partial charge < -0.3 is 9.67 Å². The molecule has 1 N–H and O–H groups in total. The van der Waals surface area contributed by atoms with E-state index in [1.807, 2.05) is 12.3 Å². The molecule has 2 heterocycles. The van der Waals surface area contributed by atoms with Gasteiger partial charge in [0.1, 0.15) is 5.69 Å². The number of benzene rings is 1. The molecule has 0 amide bonds. The Labute approximate surface area is 194 Å². The first-order valence-electron chi connectivity index (χ1n) is 11.8. The molecule has 170 valence electrons. The summed E-state index contributed by atoms with van der Waals surface area (Å²) >= 11 is 0. The molecule has 0 fully saturated rings. The molecular formula is C28H31N3O2. The lowest BCUT2D eigenvalue weighted by atomic mass is 9.88. The molecule has 2 aliphatic heterocycles. The second-order valence-electron chi connectivity index (χ2n) is 9.62. The van der Waals surface area contributed by atoms with E-state index in [2.05, 4.69) is 67.8 Å². The lowest BCUT2D eigenvalue weighted by Gasteiger charge is -2.25. The van der Waals surface area contributed by atoms with Crippen LogP contribution in [0.1, 0.15) is 55.5 Å². The van der Waals surface area contributed by atoms with E-state index in [-0.39, 0.29) is 17.4 Å². The van der Waals surface area contributed by atoms with E-state index in [9.17, 15) is 9.90 Å². The van der Waals surface area contributed by atoms with Crippen molar-refractivity contribution in [3.8, 4) is 11.3 Å². The fourth-order valence-electron chi connectivity index (χ4n) is 5.10. The molecule has 5 rings (SSSR count). The maximum absolute atomic E-state index is 13.7. The lowest BCUT2D eigenvalue weighted by molar-refractivity contribution is 0.234. The van der Waals surface area contributed by atoms with Crippen molar-refractivity contribution in [1.29, 1.82) is 0 Å². The Balaban J connectivity index is 1.72. The van der Waals surface area contributed by atoms with Gasteiger partial charge in [0.05, 0.1) is 17.4 Å². The molecule has 0 radical (unpaired) electrons. The average Bonchev–Trinajstić information content (AvgIpc) is 3.11. The fraction of sp³-hybridized carbons (Fsp3) is 0.357. The van der Waals surface area contributed by atoms with Gasteiger partial charge in [-0.15, -0.1) is 0 Å². The lowest BCUT2D eigenvalue weighted by Crippen LogP contribution is -2.23. The Morgan fingerprint density at radius 3 is 2.67 bits per heavy atom. The zero-order valence-corrected chi connectivity index (χ0v) is 19.7. The summed E-state index contributed by atoms with van der Waals surface area (Å²) < 4.78 is 3.78. The van der Waals surface area contributed by atoms with Crippen LogP contribution in [0.4, 0.5) is 0 Å². The Bertz CT molecular complexity index is 1320.